The number of aryl methyl sites for hydroxylation is 4. The van der Waals surface area contributed by atoms with E-state index in [4.69, 9.17) is 49.4 Å². The van der Waals surface area contributed by atoms with E-state index in [1.54, 1.807) is 82.9 Å². The average Bonchev–Trinajstić information content (AvgIpc) is 1.68. The first-order valence-electron chi connectivity index (χ1n) is 36.0. The molecule has 0 bridgehead atoms. The van der Waals surface area contributed by atoms with E-state index in [0.717, 1.165) is 0 Å². The summed E-state index contributed by atoms with van der Waals surface area (Å²) in [6.45, 7) is 3.89. The van der Waals surface area contributed by atoms with Gasteiger partial charge < -0.3 is 139 Å². The van der Waals surface area contributed by atoms with Gasteiger partial charge in [-0.2, -0.15) is 0 Å². The number of aromatic nitrogens is 9. The topological polar surface area (TPSA) is 486 Å². The Morgan fingerprint density at radius 1 is 0.363 bits per heavy atom. The van der Waals surface area contributed by atoms with Crippen LogP contribution < -0.4 is 64.6 Å². The van der Waals surface area contributed by atoms with Crippen molar-refractivity contribution in [1.82, 2.24) is 57.5 Å². The van der Waals surface area contributed by atoms with Crippen molar-refractivity contribution < 1.29 is 90.6 Å². The van der Waals surface area contributed by atoms with Gasteiger partial charge in [-0.3, -0.25) is 52.7 Å². The van der Waals surface area contributed by atoms with Gasteiger partial charge in [0.05, 0.1) is 125 Å². The summed E-state index contributed by atoms with van der Waals surface area (Å²) in [7, 11) is 12.6. The molecule has 40 nitrogen and oxygen atoms in total. The molecule has 0 aromatic carbocycles. The molecule has 0 radical (unpaired) electrons. The average molecular weight is 1570 g/mol. The van der Waals surface area contributed by atoms with Crippen LogP contribution in [0.5, 0.6) is 0 Å². The van der Waals surface area contributed by atoms with Crippen molar-refractivity contribution in [3.05, 3.63) is 144 Å². The lowest BCUT2D eigenvalue weighted by atomic mass is 10.2. The second-order valence-corrected chi connectivity index (χ2v) is 25.6. The van der Waals surface area contributed by atoms with E-state index in [1.165, 1.54) is 108 Å². The number of nitrogens with one attached hydrogen (secondary N) is 10. The van der Waals surface area contributed by atoms with Crippen molar-refractivity contribution >= 4 is 105 Å². The Morgan fingerprint density at radius 3 is 1.03 bits per heavy atom. The number of anilines is 7. The number of primary amides is 1. The number of rotatable bonds is 49. The number of amides is 11. The van der Waals surface area contributed by atoms with Crippen molar-refractivity contribution in [2.75, 3.05) is 165 Å². The van der Waals surface area contributed by atoms with Crippen molar-refractivity contribution in [3.63, 3.8) is 0 Å². The van der Waals surface area contributed by atoms with Crippen LogP contribution in [0.1, 0.15) is 103 Å². The highest BCUT2D eigenvalue weighted by atomic mass is 16.5. The third-order valence-corrected chi connectivity index (χ3v) is 17.1. The molecule has 8 heterocycles. The van der Waals surface area contributed by atoms with E-state index in [-0.39, 0.29) is 179 Å². The van der Waals surface area contributed by atoms with E-state index in [9.17, 15) is 52.7 Å². The van der Waals surface area contributed by atoms with Crippen molar-refractivity contribution in [1.29, 1.82) is 0 Å². The molecule has 0 aliphatic rings. The number of carbonyl (C=O) groups excluding carboxylic acids is 11. The Morgan fingerprint density at radius 2 is 0.673 bits per heavy atom. The fraction of sp³-hybridized carbons (Fsp3) is 0.425. The molecule has 8 aromatic heterocycles. The molecule has 14 N–H and O–H groups in total. The Kier molecular flexibility index (Phi) is 33.4. The lowest BCUT2D eigenvalue weighted by Gasteiger charge is -2.13. The minimum Gasteiger partial charge on any atom is -0.382 e. The number of imidazole rings is 1. The maximum absolute atomic E-state index is 14.2. The van der Waals surface area contributed by atoms with Crippen molar-refractivity contribution in [2.45, 2.75) is 51.5 Å². The highest BCUT2D eigenvalue weighted by Gasteiger charge is 2.26. The summed E-state index contributed by atoms with van der Waals surface area (Å²) in [4.78, 5) is 151. The molecular weight excluding hydrogens is 1470 g/mol. The predicted molar refractivity (Wildman–Crippen MR) is 413 cm³/mol. The molecule has 0 saturated heterocycles. The van der Waals surface area contributed by atoms with E-state index < -0.39 is 71.0 Å². The summed E-state index contributed by atoms with van der Waals surface area (Å²) < 4.78 is 55.4. The molecule has 1 atom stereocenters. The SMILES string of the molecule is COCCOCCn1cc(NC(=O)c2cc(NC(=O)c3cc(NC(=O)[C@H](N)CCNC(=O)c4cc(NC(=O)c5cc(NC(=O)CCNC(=O)c6cc(NC(=O)c7nccn7C)cn6CCOCCOC)cn5C)cn4CCOCCOC)cn3CCOCCOC)cn2C)cc1C(=O)NCCC(=O)Nc1cc(C(N)=O)n(C)c1. The fourth-order valence-electron chi connectivity index (χ4n) is 11.4. The first-order valence-corrected chi connectivity index (χ1v) is 36.0. The number of carbonyl (C=O) groups is 11. The van der Waals surface area contributed by atoms with Gasteiger partial charge in [-0.25, -0.2) is 4.98 Å². The zero-order chi connectivity index (χ0) is 81.5. The van der Waals surface area contributed by atoms with Crippen LogP contribution in [0.2, 0.25) is 0 Å². The molecule has 0 fully saturated rings. The fourth-order valence-corrected chi connectivity index (χ4v) is 11.4. The summed E-state index contributed by atoms with van der Waals surface area (Å²) in [5.74, 6) is -5.93. The molecule has 8 rings (SSSR count). The second-order valence-electron chi connectivity index (χ2n) is 25.6. The van der Waals surface area contributed by atoms with Crippen molar-refractivity contribution in [2.24, 2.45) is 39.7 Å². The summed E-state index contributed by atoms with van der Waals surface area (Å²) in [5.41, 5.74) is 14.8. The van der Waals surface area contributed by atoms with Gasteiger partial charge in [-0.15, -0.1) is 0 Å². The number of hydrogen-bond acceptors (Lipinski definition) is 21. The van der Waals surface area contributed by atoms with Gasteiger partial charge in [0.15, 0.2) is 5.82 Å². The zero-order valence-corrected chi connectivity index (χ0v) is 64.3. The number of ether oxygens (including phenoxy) is 8. The van der Waals surface area contributed by atoms with Crippen LogP contribution in [0, 0.1) is 0 Å². The number of nitrogens with two attached hydrogens (primary N) is 2. The monoisotopic (exact) mass is 1570 g/mol. The van der Waals surface area contributed by atoms with E-state index in [0.29, 0.717) is 51.0 Å². The molecule has 40 heteroatoms. The predicted octanol–water partition coefficient (Wildman–Crippen LogP) is 2.00. The largest absolute Gasteiger partial charge is 0.382 e. The molecule has 610 valence electrons. The smallest absolute Gasteiger partial charge is 0.291 e. The molecule has 113 heavy (non-hydrogen) atoms. The van der Waals surface area contributed by atoms with Gasteiger partial charge in [-0.1, -0.05) is 0 Å². The standard InChI is InChI=1S/C73H99N21O19/c1-87-16-15-76-65(87)73(105)86-53-38-60(93(46-53)19-23-112-31-27-108-7)69(101)79-14-11-63(96)81-48-34-56(89(3)41-48)70(102)84-51-36-58(91(44-51)17-21-110-29-25-106-5)67(99)77-12-9-54(74)66(98)82-50-39-61(94(43-50)20-24-113-32-28-109-8)72(104)83-49-35-57(90(4)42-49)71(103)85-52-37-59(92(45-52)18-22-111-30-26-107-6)68(100)78-13-10-62(95)80-47-33-55(64(75)97)88(2)40-47/h15-16,33-46,54H,9-14,17-32,74H2,1-8H3,(H2,75,97)(H,77,99)(H,78,100)(H,79,101)(H,80,95)(H,81,96)(H,82,98)(H,83,104)(H,84,102)(H,85,103)(H,86,105)/t54-/m1/s1. The first-order chi connectivity index (χ1) is 54.4. The molecule has 0 unspecified atom stereocenters. The van der Waals surface area contributed by atoms with Crippen molar-refractivity contribution in [3.8, 4) is 0 Å². The third kappa shape index (κ3) is 26.0. The highest BCUT2D eigenvalue weighted by Crippen LogP contribution is 2.24. The molecule has 0 aliphatic heterocycles. The number of hydrogen-bond donors (Lipinski definition) is 12. The highest BCUT2D eigenvalue weighted by molar-refractivity contribution is 6.09. The molecule has 0 aliphatic carbocycles. The van der Waals surface area contributed by atoms with Gasteiger partial charge in [-0.05, 0) is 48.9 Å². The lowest BCUT2D eigenvalue weighted by Crippen LogP contribution is -2.39. The lowest BCUT2D eigenvalue weighted by molar-refractivity contribution is -0.118. The summed E-state index contributed by atoms with van der Waals surface area (Å²) >= 11 is 0. The summed E-state index contributed by atoms with van der Waals surface area (Å²) in [6, 6.07) is 9.07. The second kappa shape index (κ2) is 43.5. The minimum atomic E-state index is -1.17. The van der Waals surface area contributed by atoms with Crippen LogP contribution in [0.3, 0.4) is 0 Å². The van der Waals surface area contributed by atoms with Crippen LogP contribution >= 0.6 is 0 Å². The molecule has 8 aromatic rings. The Labute approximate surface area is 650 Å². The molecule has 0 spiro atoms. The van der Waals surface area contributed by atoms with Crippen LogP contribution in [-0.2, 0) is 107 Å². The quantitative estimate of drug-likeness (QED) is 0.0243. The Hall–Kier alpha value is -12.0. The van der Waals surface area contributed by atoms with E-state index in [2.05, 4.69) is 58.2 Å². The minimum absolute atomic E-state index is 0.0414. The number of nitrogens with zero attached hydrogens (tertiary/aromatic N) is 9. The molecule has 11 amide bonds. The van der Waals surface area contributed by atoms with Gasteiger partial charge in [0.1, 0.15) is 39.9 Å². The van der Waals surface area contributed by atoms with Gasteiger partial charge >= 0.3 is 0 Å². The third-order valence-electron chi connectivity index (χ3n) is 17.1. The maximum Gasteiger partial charge on any atom is 0.291 e. The van der Waals surface area contributed by atoms with Gasteiger partial charge in [0, 0.05) is 171 Å². The van der Waals surface area contributed by atoms with Crippen LogP contribution in [0.15, 0.2) is 98.2 Å². The normalized spacial score (nSPS) is 11.4. The number of methoxy groups -OCH3 is 4. The summed E-state index contributed by atoms with van der Waals surface area (Å²) in [6.07, 6.45) is 13.7. The Balaban J connectivity index is 0.844. The van der Waals surface area contributed by atoms with Crippen LogP contribution in [-0.4, -0.2) is 240 Å². The molecule has 0 saturated carbocycles. The summed E-state index contributed by atoms with van der Waals surface area (Å²) in [5, 5.41) is 27.7. The van der Waals surface area contributed by atoms with Crippen LogP contribution in [0.4, 0.5) is 39.8 Å². The Bertz CT molecular complexity index is 4590. The maximum atomic E-state index is 14.2. The van der Waals surface area contributed by atoms with Gasteiger partial charge in [0.2, 0.25) is 17.7 Å². The van der Waals surface area contributed by atoms with Gasteiger partial charge in [0.25, 0.3) is 47.3 Å². The zero-order valence-electron chi connectivity index (χ0n) is 64.3. The van der Waals surface area contributed by atoms with E-state index in [1.807, 2.05) is 0 Å². The van der Waals surface area contributed by atoms with E-state index >= 15 is 0 Å². The van der Waals surface area contributed by atoms with Crippen LogP contribution in [0.25, 0.3) is 0 Å². The molecular formula is C73H99N21O19. The first kappa shape index (κ1) is 86.6.